The monoisotopic (exact) mass is 616 g/mol. The van der Waals surface area contributed by atoms with Gasteiger partial charge in [0.1, 0.15) is 0 Å². The number of hydrogen-bond acceptors (Lipinski definition) is 2. The normalized spacial score (nSPS) is 12.6. The number of carbonyl (C=O) groups is 2. The van der Waals surface area contributed by atoms with E-state index in [1.165, 1.54) is 4.90 Å². The van der Waals surface area contributed by atoms with Crippen LogP contribution in [0.5, 0.6) is 0 Å². The summed E-state index contributed by atoms with van der Waals surface area (Å²) in [7, 11) is 0. The molecule has 226 valence electrons. The molecular formula is C44H28N2O2. The molecule has 0 saturated carbocycles. The molecule has 0 fully saturated rings. The molecule has 0 spiro atoms. The molecule has 4 heteroatoms. The van der Waals surface area contributed by atoms with E-state index >= 15 is 0 Å². The molecule has 7 aromatic carbocycles. The zero-order valence-electron chi connectivity index (χ0n) is 25.9. The maximum atomic E-state index is 14.5. The van der Waals surface area contributed by atoms with E-state index in [9.17, 15) is 9.59 Å². The molecule has 0 aliphatic carbocycles. The van der Waals surface area contributed by atoms with E-state index in [0.717, 1.165) is 55.2 Å². The van der Waals surface area contributed by atoms with Crippen molar-refractivity contribution in [3.05, 3.63) is 181 Å². The van der Waals surface area contributed by atoms with Crippen LogP contribution < -0.4 is 4.90 Å². The largest absolute Gasteiger partial charge is 0.308 e. The number of anilines is 1. The number of benzene rings is 7. The zero-order chi connectivity index (χ0) is 32.2. The van der Waals surface area contributed by atoms with Gasteiger partial charge in [0.2, 0.25) is 0 Å². The topological polar surface area (TPSA) is 42.3 Å². The predicted octanol–water partition coefficient (Wildman–Crippen LogP) is 10.6. The third-order valence-electron chi connectivity index (χ3n) is 9.33. The van der Waals surface area contributed by atoms with E-state index in [1.54, 1.807) is 6.07 Å². The zero-order valence-corrected chi connectivity index (χ0v) is 25.9. The lowest BCUT2D eigenvalue weighted by atomic mass is 10.0. The summed E-state index contributed by atoms with van der Waals surface area (Å²) in [6.07, 6.45) is 0. The van der Waals surface area contributed by atoms with Crippen molar-refractivity contribution in [2.45, 2.75) is 0 Å². The first-order valence-electron chi connectivity index (χ1n) is 16.0. The highest BCUT2D eigenvalue weighted by Crippen LogP contribution is 2.40. The second-order valence-electron chi connectivity index (χ2n) is 12.1. The van der Waals surface area contributed by atoms with Crippen molar-refractivity contribution in [1.82, 2.24) is 4.57 Å². The summed E-state index contributed by atoms with van der Waals surface area (Å²) in [6.45, 7) is 0. The summed E-state index contributed by atoms with van der Waals surface area (Å²) >= 11 is 0. The van der Waals surface area contributed by atoms with Crippen LogP contribution in [-0.2, 0) is 0 Å². The Hall–Kier alpha value is -6.52. The van der Waals surface area contributed by atoms with E-state index < -0.39 is 0 Å². The molecule has 9 rings (SSSR count). The average Bonchev–Trinajstić information content (AvgIpc) is 3.62. The first-order valence-corrected chi connectivity index (χ1v) is 16.0. The molecular weight excluding hydrogens is 588 g/mol. The highest BCUT2D eigenvalue weighted by Gasteiger charge is 2.39. The van der Waals surface area contributed by atoms with Crippen LogP contribution in [0, 0.1) is 0 Å². The van der Waals surface area contributed by atoms with Gasteiger partial charge in [0.15, 0.2) is 0 Å². The second-order valence-corrected chi connectivity index (χ2v) is 12.1. The van der Waals surface area contributed by atoms with Crippen molar-refractivity contribution in [2.24, 2.45) is 0 Å². The first kappa shape index (κ1) is 27.8. The minimum Gasteiger partial charge on any atom is -0.308 e. The fraction of sp³-hybridized carbons (Fsp3) is 0. The molecule has 0 N–H and O–H groups in total. The van der Waals surface area contributed by atoms with Crippen LogP contribution in [-0.4, -0.2) is 16.4 Å². The molecule has 4 nitrogen and oxygen atoms in total. The Balaban J connectivity index is 1.27. The number of hydrogen-bond donors (Lipinski definition) is 0. The van der Waals surface area contributed by atoms with Crippen molar-refractivity contribution in [2.75, 3.05) is 4.90 Å². The van der Waals surface area contributed by atoms with Gasteiger partial charge in [0.05, 0.1) is 33.5 Å². The van der Waals surface area contributed by atoms with Gasteiger partial charge in [-0.1, -0.05) is 133 Å². The van der Waals surface area contributed by atoms with Gasteiger partial charge in [-0.05, 0) is 69.8 Å². The van der Waals surface area contributed by atoms with E-state index in [0.29, 0.717) is 22.5 Å². The highest BCUT2D eigenvalue weighted by atomic mass is 16.2. The van der Waals surface area contributed by atoms with Gasteiger partial charge in [-0.15, -0.1) is 0 Å². The maximum Gasteiger partial charge on any atom is 0.268 e. The molecule has 2 heterocycles. The van der Waals surface area contributed by atoms with E-state index in [4.69, 9.17) is 0 Å². The van der Waals surface area contributed by atoms with Crippen LogP contribution in [0.4, 0.5) is 5.69 Å². The van der Waals surface area contributed by atoms with E-state index in [1.807, 2.05) is 103 Å². The Kier molecular flexibility index (Phi) is 6.41. The maximum absolute atomic E-state index is 14.5. The number of nitrogens with zero attached hydrogens (tertiary/aromatic N) is 2. The fourth-order valence-corrected chi connectivity index (χ4v) is 7.04. The molecule has 8 aromatic rings. The number of carbonyl (C=O) groups excluding carboxylic acids is 2. The Bertz CT molecular complexity index is 2440. The third kappa shape index (κ3) is 4.38. The number of aromatic nitrogens is 1. The lowest BCUT2D eigenvalue weighted by Crippen LogP contribution is -2.29. The Labute approximate surface area is 277 Å². The molecule has 2 amide bonds. The lowest BCUT2D eigenvalue weighted by Gasteiger charge is -2.16. The van der Waals surface area contributed by atoms with Crippen molar-refractivity contribution >= 4 is 39.3 Å². The van der Waals surface area contributed by atoms with Crippen LogP contribution in [0.15, 0.2) is 170 Å². The molecule has 1 aliphatic rings. The van der Waals surface area contributed by atoms with Crippen molar-refractivity contribution in [1.29, 1.82) is 0 Å². The lowest BCUT2D eigenvalue weighted by molar-refractivity contribution is 0.0926. The summed E-state index contributed by atoms with van der Waals surface area (Å²) in [6, 6.07) is 56.8. The smallest absolute Gasteiger partial charge is 0.268 e. The Morgan fingerprint density at radius 2 is 0.854 bits per heavy atom. The quantitative estimate of drug-likeness (QED) is 0.181. The molecule has 0 radical (unpaired) electrons. The fourth-order valence-electron chi connectivity index (χ4n) is 7.04. The van der Waals surface area contributed by atoms with Crippen LogP contribution in [0.1, 0.15) is 20.7 Å². The van der Waals surface area contributed by atoms with Crippen LogP contribution in [0.3, 0.4) is 0 Å². The van der Waals surface area contributed by atoms with Crippen molar-refractivity contribution < 1.29 is 9.59 Å². The molecule has 1 aromatic heterocycles. The van der Waals surface area contributed by atoms with Crippen LogP contribution in [0.25, 0.3) is 60.9 Å². The minimum atomic E-state index is -0.329. The summed E-state index contributed by atoms with van der Waals surface area (Å²) in [5.74, 6) is -0.651. The van der Waals surface area contributed by atoms with Crippen molar-refractivity contribution in [3.8, 4) is 39.1 Å². The van der Waals surface area contributed by atoms with Crippen molar-refractivity contribution in [3.63, 3.8) is 0 Å². The number of imide groups is 1. The van der Waals surface area contributed by atoms with Gasteiger partial charge in [-0.2, -0.15) is 0 Å². The Morgan fingerprint density at radius 1 is 0.375 bits per heavy atom. The molecule has 0 unspecified atom stereocenters. The number of rotatable bonds is 5. The van der Waals surface area contributed by atoms with Crippen LogP contribution in [0.2, 0.25) is 0 Å². The van der Waals surface area contributed by atoms with Gasteiger partial charge >= 0.3 is 0 Å². The first-order chi connectivity index (χ1) is 23.7. The van der Waals surface area contributed by atoms with Gasteiger partial charge in [-0.3, -0.25) is 9.59 Å². The summed E-state index contributed by atoms with van der Waals surface area (Å²) in [4.78, 5) is 29.9. The second kappa shape index (κ2) is 11.1. The van der Waals surface area contributed by atoms with Gasteiger partial charge in [0, 0.05) is 10.8 Å². The summed E-state index contributed by atoms with van der Waals surface area (Å²) in [5.41, 5.74) is 10.3. The third-order valence-corrected chi connectivity index (χ3v) is 9.33. The molecule has 0 bridgehead atoms. The van der Waals surface area contributed by atoms with E-state index in [-0.39, 0.29) is 11.8 Å². The van der Waals surface area contributed by atoms with Crippen LogP contribution >= 0.6 is 0 Å². The number of fused-ring (bicyclic) bond motifs is 4. The minimum absolute atomic E-state index is 0.322. The highest BCUT2D eigenvalue weighted by molar-refractivity contribution is 6.36. The molecule has 48 heavy (non-hydrogen) atoms. The summed E-state index contributed by atoms with van der Waals surface area (Å²) in [5, 5.41) is 2.15. The predicted molar refractivity (Wildman–Crippen MR) is 195 cm³/mol. The van der Waals surface area contributed by atoms with E-state index in [2.05, 4.69) is 65.2 Å². The average molecular weight is 617 g/mol. The Morgan fingerprint density at radius 3 is 1.40 bits per heavy atom. The molecule has 0 atom stereocenters. The SMILES string of the molecule is O=C1c2cccc(-n3c4cc(-c5ccccc5)ccc4c4ccc(-c5ccccc5)cc43)c2C(=O)N1c1cccc(-c2ccccc2)c1. The summed E-state index contributed by atoms with van der Waals surface area (Å²) < 4.78 is 2.16. The van der Waals surface area contributed by atoms with Gasteiger partial charge in [0.25, 0.3) is 11.8 Å². The molecule has 1 aliphatic heterocycles. The van der Waals surface area contributed by atoms with Gasteiger partial charge in [-0.25, -0.2) is 4.90 Å². The molecule has 0 saturated heterocycles. The standard InChI is InChI=1S/C44H28N2O2/c47-43-38-20-11-21-39(42(38)44(48)45(43)35-19-10-18-32(26-35)29-12-4-1-5-13-29)46-40-27-33(30-14-6-2-7-15-30)22-24-36(40)37-25-23-34(28-41(37)46)31-16-8-3-9-17-31/h1-28H. The number of amides is 2. The van der Waals surface area contributed by atoms with Gasteiger partial charge < -0.3 is 4.57 Å².